The van der Waals surface area contributed by atoms with Crippen molar-refractivity contribution in [3.63, 3.8) is 0 Å². The van der Waals surface area contributed by atoms with Crippen LogP contribution in [0.15, 0.2) is 24.3 Å². The third kappa shape index (κ3) is 2.82. The van der Waals surface area contributed by atoms with Gasteiger partial charge in [-0.05, 0) is 24.0 Å². The molecule has 1 fully saturated rings. The normalized spacial score (nSPS) is 16.3. The molecule has 15 heavy (non-hydrogen) atoms. The Balaban J connectivity index is 1.92. The summed E-state index contributed by atoms with van der Waals surface area (Å²) >= 11 is 0. The highest BCUT2D eigenvalue weighted by Crippen LogP contribution is 2.21. The molecule has 1 aliphatic heterocycles. The number of hydrogen-bond acceptors (Lipinski definition) is 1. The largest absolute Gasteiger partial charge is 0.315 e. The number of rotatable bonds is 5. The summed E-state index contributed by atoms with van der Waals surface area (Å²) in [5, 5.41) is 3.33. The van der Waals surface area contributed by atoms with Gasteiger partial charge in [0, 0.05) is 19.0 Å². The molecule has 0 unspecified atom stereocenters. The zero-order valence-electron chi connectivity index (χ0n) is 9.63. The van der Waals surface area contributed by atoms with Crippen molar-refractivity contribution in [1.29, 1.82) is 0 Å². The summed E-state index contributed by atoms with van der Waals surface area (Å²) in [7, 11) is 0. The summed E-state index contributed by atoms with van der Waals surface area (Å²) in [5.41, 5.74) is 3.05. The number of benzene rings is 1. The Bertz CT molecular complexity index is 302. The van der Waals surface area contributed by atoms with Crippen LogP contribution in [0, 0.1) is 0 Å². The van der Waals surface area contributed by atoms with E-state index in [4.69, 9.17) is 0 Å². The van der Waals surface area contributed by atoms with E-state index in [0.717, 1.165) is 5.92 Å². The van der Waals surface area contributed by atoms with Crippen molar-refractivity contribution in [2.45, 2.75) is 38.5 Å². The Hall–Kier alpha value is -0.820. The fourth-order valence-corrected chi connectivity index (χ4v) is 2.11. The predicted octanol–water partition coefficient (Wildman–Crippen LogP) is 3.11. The van der Waals surface area contributed by atoms with Crippen molar-refractivity contribution in [3.05, 3.63) is 35.4 Å². The van der Waals surface area contributed by atoms with E-state index in [1.807, 2.05) is 0 Å². The van der Waals surface area contributed by atoms with Gasteiger partial charge in [-0.15, -0.1) is 0 Å². The number of aryl methyl sites for hydroxylation is 1. The van der Waals surface area contributed by atoms with Crippen LogP contribution in [-0.2, 0) is 6.42 Å². The van der Waals surface area contributed by atoms with Crippen LogP contribution in [-0.4, -0.2) is 13.1 Å². The summed E-state index contributed by atoms with van der Waals surface area (Å²) in [6, 6.07) is 9.16. The smallest absolute Gasteiger partial charge is 0.00886 e. The van der Waals surface area contributed by atoms with Gasteiger partial charge in [-0.2, -0.15) is 0 Å². The molecule has 82 valence electrons. The molecule has 1 saturated heterocycles. The van der Waals surface area contributed by atoms with Crippen molar-refractivity contribution >= 4 is 0 Å². The standard InChI is InChI=1S/C14H21N/c1-2-3-4-6-12-7-5-8-13(9-12)14-10-15-11-14/h5,7-9,14-15H,2-4,6,10-11H2,1H3. The van der Waals surface area contributed by atoms with E-state index in [-0.39, 0.29) is 0 Å². The molecule has 1 nitrogen and oxygen atoms in total. The van der Waals surface area contributed by atoms with E-state index in [1.54, 1.807) is 0 Å². The number of hydrogen-bond donors (Lipinski definition) is 1. The van der Waals surface area contributed by atoms with E-state index in [1.165, 1.54) is 49.9 Å². The molecule has 2 rings (SSSR count). The fraction of sp³-hybridized carbons (Fsp3) is 0.571. The molecule has 1 aliphatic rings. The molecule has 0 bridgehead atoms. The Kier molecular flexibility index (Phi) is 3.79. The van der Waals surface area contributed by atoms with Gasteiger partial charge in [0.15, 0.2) is 0 Å². The molecule has 0 aliphatic carbocycles. The Labute approximate surface area is 92.9 Å². The van der Waals surface area contributed by atoms with Gasteiger partial charge in [-0.1, -0.05) is 44.0 Å². The Morgan fingerprint density at radius 2 is 2.13 bits per heavy atom. The molecule has 0 radical (unpaired) electrons. The topological polar surface area (TPSA) is 12.0 Å². The number of nitrogens with one attached hydrogen (secondary N) is 1. The fourth-order valence-electron chi connectivity index (χ4n) is 2.11. The maximum absolute atomic E-state index is 3.33. The lowest BCUT2D eigenvalue weighted by Crippen LogP contribution is -2.39. The minimum Gasteiger partial charge on any atom is -0.315 e. The highest BCUT2D eigenvalue weighted by Gasteiger charge is 2.18. The first-order valence-corrected chi connectivity index (χ1v) is 6.19. The summed E-state index contributed by atoms with van der Waals surface area (Å²) in [6.45, 7) is 4.59. The van der Waals surface area contributed by atoms with Crippen LogP contribution >= 0.6 is 0 Å². The first kappa shape index (κ1) is 10.7. The van der Waals surface area contributed by atoms with Crippen LogP contribution in [0.4, 0.5) is 0 Å². The van der Waals surface area contributed by atoms with Crippen LogP contribution in [0.5, 0.6) is 0 Å². The lowest BCUT2D eigenvalue weighted by molar-refractivity contribution is 0.448. The average Bonchev–Trinajstić information content (AvgIpc) is 2.16. The van der Waals surface area contributed by atoms with Crippen molar-refractivity contribution in [2.24, 2.45) is 0 Å². The molecule has 0 amide bonds. The van der Waals surface area contributed by atoms with Crippen molar-refractivity contribution in [1.82, 2.24) is 5.32 Å². The molecule has 0 aromatic heterocycles. The van der Waals surface area contributed by atoms with Crippen LogP contribution in [0.3, 0.4) is 0 Å². The van der Waals surface area contributed by atoms with Crippen LogP contribution < -0.4 is 5.32 Å². The van der Waals surface area contributed by atoms with Gasteiger partial charge in [-0.25, -0.2) is 0 Å². The van der Waals surface area contributed by atoms with Crippen LogP contribution in [0.25, 0.3) is 0 Å². The third-order valence-corrected chi connectivity index (χ3v) is 3.27. The summed E-state index contributed by atoms with van der Waals surface area (Å²) in [6.07, 6.45) is 5.26. The lowest BCUT2D eigenvalue weighted by atomic mass is 9.91. The molecule has 1 aromatic carbocycles. The third-order valence-electron chi connectivity index (χ3n) is 3.27. The van der Waals surface area contributed by atoms with E-state index in [9.17, 15) is 0 Å². The second kappa shape index (κ2) is 5.32. The quantitative estimate of drug-likeness (QED) is 0.725. The Morgan fingerprint density at radius 3 is 2.80 bits per heavy atom. The van der Waals surface area contributed by atoms with E-state index in [0.29, 0.717) is 0 Å². The molecule has 1 aromatic rings. The van der Waals surface area contributed by atoms with Crippen molar-refractivity contribution in [2.75, 3.05) is 13.1 Å². The summed E-state index contributed by atoms with van der Waals surface area (Å²) in [5.74, 6) is 0.774. The van der Waals surface area contributed by atoms with Gasteiger partial charge < -0.3 is 5.32 Å². The Morgan fingerprint density at radius 1 is 1.27 bits per heavy atom. The predicted molar refractivity (Wildman–Crippen MR) is 65.3 cm³/mol. The highest BCUT2D eigenvalue weighted by molar-refractivity contribution is 5.28. The minimum atomic E-state index is 0.774. The zero-order chi connectivity index (χ0) is 10.5. The maximum atomic E-state index is 3.33. The second-order valence-corrected chi connectivity index (χ2v) is 4.56. The molecule has 1 N–H and O–H groups in total. The maximum Gasteiger partial charge on any atom is 0.00886 e. The van der Waals surface area contributed by atoms with E-state index >= 15 is 0 Å². The van der Waals surface area contributed by atoms with Gasteiger partial charge in [-0.3, -0.25) is 0 Å². The van der Waals surface area contributed by atoms with Gasteiger partial charge in [0.25, 0.3) is 0 Å². The average molecular weight is 203 g/mol. The van der Waals surface area contributed by atoms with Crippen molar-refractivity contribution < 1.29 is 0 Å². The van der Waals surface area contributed by atoms with Crippen molar-refractivity contribution in [3.8, 4) is 0 Å². The molecule has 0 atom stereocenters. The van der Waals surface area contributed by atoms with Gasteiger partial charge in [0.05, 0.1) is 0 Å². The molecular weight excluding hydrogens is 182 g/mol. The van der Waals surface area contributed by atoms with Gasteiger partial charge >= 0.3 is 0 Å². The van der Waals surface area contributed by atoms with E-state index in [2.05, 4.69) is 36.5 Å². The van der Waals surface area contributed by atoms with Gasteiger partial charge in [0.2, 0.25) is 0 Å². The first-order chi connectivity index (χ1) is 7.40. The minimum absolute atomic E-state index is 0.774. The molecule has 1 heterocycles. The van der Waals surface area contributed by atoms with Crippen LogP contribution in [0.2, 0.25) is 0 Å². The first-order valence-electron chi connectivity index (χ1n) is 6.19. The SMILES string of the molecule is CCCCCc1cccc(C2CNC2)c1. The molecular formula is C14H21N. The number of unbranched alkanes of at least 4 members (excludes halogenated alkanes) is 2. The van der Waals surface area contributed by atoms with E-state index < -0.39 is 0 Å². The monoisotopic (exact) mass is 203 g/mol. The molecule has 1 heteroatoms. The molecule has 0 spiro atoms. The summed E-state index contributed by atoms with van der Waals surface area (Å²) in [4.78, 5) is 0. The highest BCUT2D eigenvalue weighted by atomic mass is 14.9. The molecule has 0 saturated carbocycles. The zero-order valence-corrected chi connectivity index (χ0v) is 9.63. The summed E-state index contributed by atoms with van der Waals surface area (Å²) < 4.78 is 0. The lowest BCUT2D eigenvalue weighted by Gasteiger charge is -2.27. The van der Waals surface area contributed by atoms with Crippen LogP contribution in [0.1, 0.15) is 43.2 Å². The second-order valence-electron chi connectivity index (χ2n) is 4.56. The van der Waals surface area contributed by atoms with Gasteiger partial charge in [0.1, 0.15) is 0 Å².